The minimum absolute atomic E-state index is 0.0160. The predicted octanol–water partition coefficient (Wildman–Crippen LogP) is 2.65. The fourth-order valence-electron chi connectivity index (χ4n) is 2.64. The highest BCUT2D eigenvalue weighted by Gasteiger charge is 2.11. The average Bonchev–Trinajstić information content (AvgIpc) is 3.03. The van der Waals surface area contributed by atoms with Crippen LogP contribution in [0.15, 0.2) is 53.7 Å². The third-order valence-corrected chi connectivity index (χ3v) is 4.47. The molecule has 0 aliphatic carbocycles. The van der Waals surface area contributed by atoms with Gasteiger partial charge < -0.3 is 15.2 Å². The van der Waals surface area contributed by atoms with Gasteiger partial charge in [-0.1, -0.05) is 30.3 Å². The molecule has 1 aromatic carbocycles. The minimum atomic E-state index is -0.370. The van der Waals surface area contributed by atoms with Gasteiger partial charge in [0.25, 0.3) is 0 Å². The van der Waals surface area contributed by atoms with Crippen molar-refractivity contribution in [3.8, 4) is 0 Å². The van der Waals surface area contributed by atoms with Gasteiger partial charge in [0, 0.05) is 13.2 Å². The molecule has 0 aliphatic heterocycles. The first-order valence-electron chi connectivity index (χ1n) is 9.08. The highest BCUT2D eigenvalue weighted by atomic mass is 19.1. The first-order chi connectivity index (χ1) is 13.5. The molecule has 2 aromatic heterocycles. The zero-order chi connectivity index (χ0) is 19.9. The monoisotopic (exact) mass is 381 g/mol. The van der Waals surface area contributed by atoms with Crippen LogP contribution in [0.5, 0.6) is 0 Å². The molecule has 0 aliphatic rings. The molecule has 1 unspecified atom stereocenters. The number of aliphatic imine (C=N–C) groups is 1. The number of halogens is 1. The molecule has 2 heterocycles. The van der Waals surface area contributed by atoms with Crippen molar-refractivity contribution in [1.29, 1.82) is 0 Å². The molecule has 1 atom stereocenters. The smallest absolute Gasteiger partial charge is 0.192 e. The second-order valence-corrected chi connectivity index (χ2v) is 6.45. The second-order valence-electron chi connectivity index (χ2n) is 6.45. The molecule has 0 saturated carbocycles. The summed E-state index contributed by atoms with van der Waals surface area (Å²) in [6.07, 6.45) is 1.56. The Kier molecular flexibility index (Phi) is 6.31. The van der Waals surface area contributed by atoms with Crippen molar-refractivity contribution in [2.24, 2.45) is 12.0 Å². The summed E-state index contributed by atoms with van der Waals surface area (Å²) in [5, 5.41) is 14.8. The number of nitrogens with one attached hydrogen (secondary N) is 2. The number of aromatic nitrogens is 4. The lowest BCUT2D eigenvalue weighted by molar-refractivity contribution is 0.598. The molecular formula is C20H24FN7. The molecule has 0 spiro atoms. The zero-order valence-electron chi connectivity index (χ0n) is 16.2. The Hall–Kier alpha value is -3.29. The van der Waals surface area contributed by atoms with Crippen LogP contribution in [0.25, 0.3) is 0 Å². The molecule has 3 rings (SSSR count). The summed E-state index contributed by atoms with van der Waals surface area (Å²) in [6.45, 7) is 4.50. The normalized spacial score (nSPS) is 12.6. The maximum atomic E-state index is 13.9. The van der Waals surface area contributed by atoms with E-state index < -0.39 is 0 Å². The Balaban J connectivity index is 1.75. The number of hydrogen-bond acceptors (Lipinski definition) is 4. The van der Waals surface area contributed by atoms with E-state index in [4.69, 9.17) is 0 Å². The maximum absolute atomic E-state index is 13.9. The van der Waals surface area contributed by atoms with Gasteiger partial charge in [-0.3, -0.25) is 4.98 Å². The molecule has 0 bridgehead atoms. The van der Waals surface area contributed by atoms with Gasteiger partial charge in [0.05, 0.1) is 24.8 Å². The molecular weight excluding hydrogens is 357 g/mol. The van der Waals surface area contributed by atoms with Crippen molar-refractivity contribution in [2.75, 3.05) is 0 Å². The maximum Gasteiger partial charge on any atom is 0.192 e. The van der Waals surface area contributed by atoms with Gasteiger partial charge in [0.1, 0.15) is 11.6 Å². The third kappa shape index (κ3) is 4.91. The van der Waals surface area contributed by atoms with E-state index in [9.17, 15) is 4.39 Å². The molecule has 2 N–H and O–H groups in total. The van der Waals surface area contributed by atoms with E-state index in [1.54, 1.807) is 12.3 Å². The van der Waals surface area contributed by atoms with E-state index in [1.165, 1.54) is 6.07 Å². The van der Waals surface area contributed by atoms with Crippen LogP contribution in [0.3, 0.4) is 0 Å². The average molecular weight is 381 g/mol. The van der Waals surface area contributed by atoms with E-state index in [0.29, 0.717) is 18.2 Å². The molecule has 0 radical (unpaired) electrons. The van der Waals surface area contributed by atoms with E-state index in [0.717, 1.165) is 17.2 Å². The van der Waals surface area contributed by atoms with Crippen molar-refractivity contribution in [3.05, 3.63) is 77.4 Å². The summed E-state index contributed by atoms with van der Waals surface area (Å²) in [6, 6.07) is 13.0. The minimum Gasteiger partial charge on any atom is -0.350 e. The molecule has 28 heavy (non-hydrogen) atoms. The summed E-state index contributed by atoms with van der Waals surface area (Å²) in [7, 11) is 1.91. The first kappa shape index (κ1) is 19.5. The van der Waals surface area contributed by atoms with Crippen molar-refractivity contribution in [3.63, 3.8) is 0 Å². The van der Waals surface area contributed by atoms with Gasteiger partial charge in [0.2, 0.25) is 0 Å². The summed E-state index contributed by atoms with van der Waals surface area (Å²) in [5.41, 5.74) is 1.42. The molecule has 0 fully saturated rings. The number of hydrogen-bond donors (Lipinski definition) is 2. The lowest BCUT2D eigenvalue weighted by Gasteiger charge is -2.18. The number of nitrogens with zero attached hydrogens (tertiary/aromatic N) is 5. The van der Waals surface area contributed by atoms with Crippen LogP contribution in [0, 0.1) is 12.7 Å². The molecule has 7 nitrogen and oxygen atoms in total. The number of guanidine groups is 1. The van der Waals surface area contributed by atoms with Gasteiger partial charge in [0.15, 0.2) is 11.8 Å². The van der Waals surface area contributed by atoms with Gasteiger partial charge >= 0.3 is 0 Å². The summed E-state index contributed by atoms with van der Waals surface area (Å²) >= 11 is 0. The number of aryl methyl sites for hydroxylation is 1. The largest absolute Gasteiger partial charge is 0.350 e. The highest BCUT2D eigenvalue weighted by Crippen LogP contribution is 2.11. The number of pyridine rings is 1. The van der Waals surface area contributed by atoms with Crippen LogP contribution in [0.2, 0.25) is 0 Å². The summed E-state index contributed by atoms with van der Waals surface area (Å²) < 4.78 is 15.8. The zero-order valence-corrected chi connectivity index (χ0v) is 16.2. The van der Waals surface area contributed by atoms with Crippen molar-refractivity contribution < 1.29 is 4.39 Å². The van der Waals surface area contributed by atoms with Crippen LogP contribution in [-0.2, 0) is 20.1 Å². The van der Waals surface area contributed by atoms with Crippen LogP contribution in [0.1, 0.15) is 35.9 Å². The molecule has 0 saturated heterocycles. The Bertz CT molecular complexity index is 937. The van der Waals surface area contributed by atoms with Crippen molar-refractivity contribution in [2.45, 2.75) is 33.0 Å². The van der Waals surface area contributed by atoms with E-state index in [-0.39, 0.29) is 18.4 Å². The van der Waals surface area contributed by atoms with Gasteiger partial charge in [-0.2, -0.15) is 0 Å². The van der Waals surface area contributed by atoms with Crippen LogP contribution in [-0.4, -0.2) is 25.7 Å². The van der Waals surface area contributed by atoms with Gasteiger partial charge in [-0.15, -0.1) is 10.2 Å². The lowest BCUT2D eigenvalue weighted by Crippen LogP contribution is -2.39. The molecule has 0 amide bonds. The number of rotatable bonds is 6. The lowest BCUT2D eigenvalue weighted by atomic mass is 10.1. The third-order valence-electron chi connectivity index (χ3n) is 4.47. The van der Waals surface area contributed by atoms with Crippen molar-refractivity contribution in [1.82, 2.24) is 30.4 Å². The Morgan fingerprint density at radius 3 is 2.64 bits per heavy atom. The molecule has 8 heteroatoms. The first-order valence-corrected chi connectivity index (χ1v) is 9.08. The van der Waals surface area contributed by atoms with Gasteiger partial charge in [-0.05, 0) is 31.5 Å². The van der Waals surface area contributed by atoms with Gasteiger partial charge in [-0.25, -0.2) is 9.38 Å². The van der Waals surface area contributed by atoms with E-state index in [2.05, 4.69) is 30.8 Å². The van der Waals surface area contributed by atoms with Crippen LogP contribution < -0.4 is 10.6 Å². The summed E-state index contributed by atoms with van der Waals surface area (Å²) in [5.74, 6) is 1.78. The standard InChI is InChI=1S/C20H24FN7/c1-14(16-8-5-4-6-9-16)25-20(23-12-18-17(21)10-7-11-22-18)24-13-19-27-26-15(2)28(19)3/h4-11,14H,12-13H2,1-3H3,(H2,23,24,25). The quantitative estimate of drug-likeness (QED) is 0.507. The Morgan fingerprint density at radius 2 is 1.96 bits per heavy atom. The van der Waals surface area contributed by atoms with Crippen LogP contribution >= 0.6 is 0 Å². The fraction of sp³-hybridized carbons (Fsp3) is 0.300. The predicted molar refractivity (Wildman–Crippen MR) is 106 cm³/mol. The fourth-order valence-corrected chi connectivity index (χ4v) is 2.64. The highest BCUT2D eigenvalue weighted by molar-refractivity contribution is 5.80. The molecule has 146 valence electrons. The van der Waals surface area contributed by atoms with E-state index in [1.807, 2.05) is 55.8 Å². The van der Waals surface area contributed by atoms with Crippen LogP contribution in [0.4, 0.5) is 4.39 Å². The second kappa shape index (κ2) is 9.07. The van der Waals surface area contributed by atoms with E-state index >= 15 is 0 Å². The Labute approximate surface area is 163 Å². The SMILES string of the molecule is Cc1nnc(CNC(=NCc2ncccc2F)NC(C)c2ccccc2)n1C. The topological polar surface area (TPSA) is 80.0 Å². The molecule has 3 aromatic rings. The summed E-state index contributed by atoms with van der Waals surface area (Å²) in [4.78, 5) is 8.57. The Morgan fingerprint density at radius 1 is 1.18 bits per heavy atom. The van der Waals surface area contributed by atoms with Crippen molar-refractivity contribution >= 4 is 5.96 Å². The number of benzene rings is 1.